The molecule has 0 radical (unpaired) electrons. The quantitative estimate of drug-likeness (QED) is 0.268. The Labute approximate surface area is 223 Å². The molecule has 0 aromatic heterocycles. The highest BCUT2D eigenvalue weighted by atomic mass is 14.9. The minimum Gasteiger partial charge on any atom is -0.356 e. The molecular weight excluding hydrogens is 458 g/mol. The number of allylic oxidation sites excluding steroid dienone is 4. The van der Waals surface area contributed by atoms with Crippen molar-refractivity contribution < 1.29 is 0 Å². The van der Waals surface area contributed by atoms with E-state index in [2.05, 4.69) is 139 Å². The molecule has 1 atom stereocenters. The fourth-order valence-corrected chi connectivity index (χ4v) is 7.03. The average molecular weight is 486 g/mol. The van der Waals surface area contributed by atoms with Gasteiger partial charge in [0.05, 0.1) is 5.41 Å². The Bertz CT molecular complexity index is 1770. The summed E-state index contributed by atoms with van der Waals surface area (Å²) < 4.78 is 0. The van der Waals surface area contributed by atoms with Crippen LogP contribution < -0.4 is 5.32 Å². The molecule has 1 N–H and O–H groups in total. The van der Waals surface area contributed by atoms with Crippen LogP contribution in [-0.2, 0) is 5.41 Å². The van der Waals surface area contributed by atoms with Gasteiger partial charge in [-0.05, 0) is 92.8 Å². The van der Waals surface area contributed by atoms with Crippen molar-refractivity contribution in [3.05, 3.63) is 161 Å². The second-order valence-corrected chi connectivity index (χ2v) is 10.5. The topological polar surface area (TPSA) is 12.0 Å². The van der Waals surface area contributed by atoms with Crippen LogP contribution in [0.2, 0.25) is 0 Å². The summed E-state index contributed by atoms with van der Waals surface area (Å²) in [6.07, 6.45) is 6.89. The largest absolute Gasteiger partial charge is 0.356 e. The third kappa shape index (κ3) is 2.93. The van der Waals surface area contributed by atoms with Gasteiger partial charge in [-0.15, -0.1) is 0 Å². The fourth-order valence-electron chi connectivity index (χ4n) is 7.03. The van der Waals surface area contributed by atoms with Crippen LogP contribution in [0.25, 0.3) is 27.8 Å². The van der Waals surface area contributed by atoms with Crippen LogP contribution in [0.5, 0.6) is 0 Å². The van der Waals surface area contributed by atoms with Crippen molar-refractivity contribution in [1.29, 1.82) is 0 Å². The van der Waals surface area contributed by atoms with E-state index in [4.69, 9.17) is 0 Å². The fraction of sp³-hybridized carbons (Fsp3) is 0.0811. The van der Waals surface area contributed by atoms with Gasteiger partial charge in [-0.3, -0.25) is 0 Å². The molecule has 0 saturated carbocycles. The highest BCUT2D eigenvalue weighted by Crippen LogP contribution is 2.63. The Morgan fingerprint density at radius 3 is 1.97 bits per heavy atom. The van der Waals surface area contributed by atoms with E-state index in [0.29, 0.717) is 0 Å². The molecule has 38 heavy (non-hydrogen) atoms. The van der Waals surface area contributed by atoms with E-state index in [-0.39, 0.29) is 5.41 Å². The van der Waals surface area contributed by atoms with Crippen molar-refractivity contribution in [2.45, 2.75) is 18.3 Å². The van der Waals surface area contributed by atoms with Gasteiger partial charge in [0.15, 0.2) is 0 Å². The van der Waals surface area contributed by atoms with Gasteiger partial charge in [0.1, 0.15) is 0 Å². The summed E-state index contributed by atoms with van der Waals surface area (Å²) >= 11 is 0. The molecule has 3 aliphatic carbocycles. The van der Waals surface area contributed by atoms with Crippen LogP contribution >= 0.6 is 0 Å². The lowest BCUT2D eigenvalue weighted by Crippen LogP contribution is -2.27. The minimum absolute atomic E-state index is 0.225. The lowest BCUT2D eigenvalue weighted by Gasteiger charge is -2.33. The minimum atomic E-state index is -0.225. The molecule has 1 nitrogen and oxygen atoms in total. The SMILES string of the molecule is C1=CC2=C(CC1)C1(c3ccccc32)c2ccccc2-c2ccc(Nc3ccc(-c4ccccc4)cc3)cc21. The van der Waals surface area contributed by atoms with Crippen molar-refractivity contribution in [2.24, 2.45) is 0 Å². The third-order valence-electron chi connectivity index (χ3n) is 8.57. The first-order valence-corrected chi connectivity index (χ1v) is 13.5. The molecule has 8 rings (SSSR count). The van der Waals surface area contributed by atoms with Crippen molar-refractivity contribution in [2.75, 3.05) is 5.32 Å². The van der Waals surface area contributed by atoms with E-state index in [0.717, 1.165) is 24.2 Å². The molecular formula is C37H27N. The summed E-state index contributed by atoms with van der Waals surface area (Å²) in [6.45, 7) is 0. The summed E-state index contributed by atoms with van der Waals surface area (Å²) in [4.78, 5) is 0. The van der Waals surface area contributed by atoms with E-state index in [9.17, 15) is 0 Å². The van der Waals surface area contributed by atoms with E-state index < -0.39 is 0 Å². The van der Waals surface area contributed by atoms with Gasteiger partial charge in [-0.2, -0.15) is 0 Å². The highest BCUT2D eigenvalue weighted by Gasteiger charge is 2.52. The van der Waals surface area contributed by atoms with Crippen LogP contribution in [0.3, 0.4) is 0 Å². The first-order valence-electron chi connectivity index (χ1n) is 13.5. The molecule has 0 fully saturated rings. The van der Waals surface area contributed by atoms with Crippen LogP contribution in [0.4, 0.5) is 11.4 Å². The van der Waals surface area contributed by atoms with Crippen LogP contribution in [0, 0.1) is 0 Å². The highest BCUT2D eigenvalue weighted by molar-refractivity contribution is 5.97. The van der Waals surface area contributed by atoms with Crippen LogP contribution in [-0.4, -0.2) is 0 Å². The molecule has 5 aromatic carbocycles. The summed E-state index contributed by atoms with van der Waals surface area (Å²) in [5.41, 5.74) is 15.8. The van der Waals surface area contributed by atoms with E-state index in [1.807, 2.05) is 0 Å². The van der Waals surface area contributed by atoms with Gasteiger partial charge in [0.25, 0.3) is 0 Å². The molecule has 0 amide bonds. The number of rotatable bonds is 3. The summed E-state index contributed by atoms with van der Waals surface area (Å²) in [5.74, 6) is 0. The number of fused-ring (bicyclic) bond motifs is 9. The van der Waals surface area contributed by atoms with E-state index in [1.165, 1.54) is 50.1 Å². The van der Waals surface area contributed by atoms with Gasteiger partial charge < -0.3 is 5.32 Å². The predicted molar refractivity (Wildman–Crippen MR) is 159 cm³/mol. The smallest absolute Gasteiger partial charge is 0.0689 e. The number of nitrogens with one attached hydrogen (secondary N) is 1. The van der Waals surface area contributed by atoms with Gasteiger partial charge >= 0.3 is 0 Å². The summed E-state index contributed by atoms with van der Waals surface area (Å²) in [7, 11) is 0. The molecule has 1 heteroatoms. The second kappa shape index (κ2) is 8.19. The van der Waals surface area contributed by atoms with Crippen molar-refractivity contribution in [1.82, 2.24) is 0 Å². The molecule has 0 bridgehead atoms. The maximum atomic E-state index is 3.71. The van der Waals surface area contributed by atoms with Gasteiger partial charge in [0.2, 0.25) is 0 Å². The monoisotopic (exact) mass is 485 g/mol. The molecule has 3 aliphatic rings. The predicted octanol–water partition coefficient (Wildman–Crippen LogP) is 9.53. The maximum absolute atomic E-state index is 3.71. The van der Waals surface area contributed by atoms with Crippen molar-refractivity contribution >= 4 is 16.9 Å². The normalized spacial score (nSPS) is 18.2. The van der Waals surface area contributed by atoms with E-state index in [1.54, 1.807) is 5.57 Å². The van der Waals surface area contributed by atoms with Gasteiger partial charge in [0, 0.05) is 11.4 Å². The summed E-state index contributed by atoms with van der Waals surface area (Å²) in [5, 5.41) is 3.71. The van der Waals surface area contributed by atoms with Crippen molar-refractivity contribution in [3.8, 4) is 22.3 Å². The first-order chi connectivity index (χ1) is 18.8. The Morgan fingerprint density at radius 1 is 0.526 bits per heavy atom. The molecule has 0 heterocycles. The van der Waals surface area contributed by atoms with Crippen LogP contribution in [0.15, 0.2) is 139 Å². The van der Waals surface area contributed by atoms with Gasteiger partial charge in [-0.25, -0.2) is 0 Å². The lowest BCUT2D eigenvalue weighted by molar-refractivity contribution is 0.714. The molecule has 5 aromatic rings. The molecule has 0 saturated heterocycles. The Morgan fingerprint density at radius 2 is 1.16 bits per heavy atom. The average Bonchev–Trinajstić information content (AvgIpc) is 3.45. The zero-order valence-electron chi connectivity index (χ0n) is 21.1. The first kappa shape index (κ1) is 21.5. The number of benzene rings is 5. The number of hydrogen-bond donors (Lipinski definition) is 1. The summed E-state index contributed by atoms with van der Waals surface area (Å²) in [6, 6.07) is 44.4. The van der Waals surface area contributed by atoms with E-state index >= 15 is 0 Å². The molecule has 1 unspecified atom stereocenters. The zero-order valence-corrected chi connectivity index (χ0v) is 21.1. The Hall–Kier alpha value is -4.62. The van der Waals surface area contributed by atoms with Crippen LogP contribution in [0.1, 0.15) is 35.1 Å². The Kier molecular flexibility index (Phi) is 4.63. The van der Waals surface area contributed by atoms with Crippen molar-refractivity contribution in [3.63, 3.8) is 0 Å². The van der Waals surface area contributed by atoms with Gasteiger partial charge in [-0.1, -0.05) is 109 Å². The number of anilines is 2. The Balaban J connectivity index is 1.27. The third-order valence-corrected chi connectivity index (χ3v) is 8.57. The molecule has 0 aliphatic heterocycles. The number of hydrogen-bond acceptors (Lipinski definition) is 1. The second-order valence-electron chi connectivity index (χ2n) is 10.5. The lowest BCUT2D eigenvalue weighted by atomic mass is 9.68. The maximum Gasteiger partial charge on any atom is 0.0689 e. The standard InChI is InChI=1S/C37H27N/c1-2-10-25(11-3-1)26-18-20-27(21-19-26)38-28-22-23-32-31-14-6-9-17-35(31)37(36(32)24-28)33-15-7-4-12-29(33)30-13-5-8-16-34(30)37/h1-7,9-15,17-24,38H,8,16H2. The zero-order chi connectivity index (χ0) is 25.1. The molecule has 180 valence electrons. The molecule has 1 spiro atoms.